The van der Waals surface area contributed by atoms with E-state index in [0.29, 0.717) is 17.4 Å². The molecule has 1 unspecified atom stereocenters. The molecule has 2 aromatic carbocycles. The summed E-state index contributed by atoms with van der Waals surface area (Å²) in [6.45, 7) is 7.38. The fraction of sp³-hybridized carbons (Fsp3) is 0.417. The molecule has 0 aliphatic rings. The van der Waals surface area contributed by atoms with Crippen LogP contribution >= 0.6 is 11.6 Å². The van der Waals surface area contributed by atoms with Gasteiger partial charge < -0.3 is 14.6 Å². The zero-order valence-electron chi connectivity index (χ0n) is 17.9. The van der Waals surface area contributed by atoms with Crippen molar-refractivity contribution in [2.24, 2.45) is 5.92 Å². The summed E-state index contributed by atoms with van der Waals surface area (Å²) < 4.78 is 8.02. The molecule has 160 valence electrons. The Labute approximate surface area is 183 Å². The second kappa shape index (κ2) is 10.5. The predicted octanol–water partition coefficient (Wildman–Crippen LogP) is 5.77. The number of benzene rings is 2. The highest BCUT2D eigenvalue weighted by Gasteiger charge is 2.21. The fourth-order valence-electron chi connectivity index (χ4n) is 3.68. The fourth-order valence-corrected chi connectivity index (χ4v) is 3.87. The van der Waals surface area contributed by atoms with Crippen LogP contribution < -0.4 is 10.1 Å². The van der Waals surface area contributed by atoms with Gasteiger partial charge in [0.15, 0.2) is 0 Å². The van der Waals surface area contributed by atoms with Crippen molar-refractivity contribution in [3.63, 3.8) is 0 Å². The number of para-hydroxylation sites is 3. The smallest absolute Gasteiger partial charge is 0.223 e. The van der Waals surface area contributed by atoms with Crippen LogP contribution in [0.1, 0.15) is 51.9 Å². The van der Waals surface area contributed by atoms with E-state index in [4.69, 9.17) is 21.3 Å². The predicted molar refractivity (Wildman–Crippen MR) is 122 cm³/mol. The zero-order valence-corrected chi connectivity index (χ0v) is 18.7. The summed E-state index contributed by atoms with van der Waals surface area (Å²) in [6.07, 6.45) is 2.47. The lowest BCUT2D eigenvalue weighted by Gasteiger charge is -2.19. The highest BCUT2D eigenvalue weighted by Crippen LogP contribution is 2.24. The molecule has 0 bridgehead atoms. The molecule has 30 heavy (non-hydrogen) atoms. The molecule has 1 N–H and O–H groups in total. The minimum atomic E-state index is -0.171. The quantitative estimate of drug-likeness (QED) is 0.417. The van der Waals surface area contributed by atoms with Gasteiger partial charge in [-0.15, -0.1) is 0 Å². The van der Waals surface area contributed by atoms with Crippen molar-refractivity contribution in [2.45, 2.75) is 52.6 Å². The molecule has 1 amide bonds. The molecule has 6 heteroatoms. The van der Waals surface area contributed by atoms with Crippen LogP contribution in [0.3, 0.4) is 0 Å². The third-order valence-corrected chi connectivity index (χ3v) is 5.72. The highest BCUT2D eigenvalue weighted by atomic mass is 35.5. The van der Waals surface area contributed by atoms with Gasteiger partial charge in [-0.2, -0.15) is 0 Å². The van der Waals surface area contributed by atoms with Crippen molar-refractivity contribution in [2.75, 3.05) is 6.61 Å². The van der Waals surface area contributed by atoms with Gasteiger partial charge in [0.1, 0.15) is 11.6 Å². The number of nitrogens with zero attached hydrogens (tertiary/aromatic N) is 2. The standard InChI is InChI=1S/C24H30ClN3O2/c1-4-18(5-2)24(29)26-17(3)23-27-20-12-7-8-13-21(20)28(23)15-10-16-30-22-14-9-6-11-19(22)25/h6-9,11-14,17-18H,4-5,10,15-16H2,1-3H3,(H,26,29). The Balaban J connectivity index is 1.73. The van der Waals surface area contributed by atoms with Crippen molar-refractivity contribution in [1.82, 2.24) is 14.9 Å². The molecule has 0 saturated carbocycles. The SMILES string of the molecule is CCC(CC)C(=O)NC(C)c1nc2ccccc2n1CCCOc1ccccc1Cl. The third-order valence-electron chi connectivity index (χ3n) is 5.41. The van der Waals surface area contributed by atoms with E-state index in [1.807, 2.05) is 63.2 Å². The van der Waals surface area contributed by atoms with E-state index < -0.39 is 0 Å². The molecule has 0 aliphatic carbocycles. The Kier molecular flexibility index (Phi) is 7.75. The molecule has 5 nitrogen and oxygen atoms in total. The lowest BCUT2D eigenvalue weighted by atomic mass is 10.0. The number of imidazole rings is 1. The van der Waals surface area contributed by atoms with E-state index in [-0.39, 0.29) is 17.9 Å². The average molecular weight is 428 g/mol. The number of ether oxygens (including phenoxy) is 1. The van der Waals surface area contributed by atoms with E-state index in [1.165, 1.54) is 0 Å². The maximum absolute atomic E-state index is 12.6. The number of nitrogens with one attached hydrogen (secondary N) is 1. The van der Waals surface area contributed by atoms with Crippen molar-refractivity contribution < 1.29 is 9.53 Å². The lowest BCUT2D eigenvalue weighted by molar-refractivity contribution is -0.125. The van der Waals surface area contributed by atoms with Gasteiger partial charge in [-0.05, 0) is 50.5 Å². The molecular formula is C24H30ClN3O2. The molecule has 1 heterocycles. The number of aryl methyl sites for hydroxylation is 1. The first kappa shape index (κ1) is 22.2. The summed E-state index contributed by atoms with van der Waals surface area (Å²) in [5, 5.41) is 3.77. The monoisotopic (exact) mass is 427 g/mol. The molecular weight excluding hydrogens is 398 g/mol. The van der Waals surface area contributed by atoms with Crippen LogP contribution in [0.2, 0.25) is 5.02 Å². The molecule has 1 aromatic heterocycles. The van der Waals surface area contributed by atoms with Gasteiger partial charge in [0.05, 0.1) is 28.7 Å². The molecule has 0 fully saturated rings. The van der Waals surface area contributed by atoms with Gasteiger partial charge in [0.2, 0.25) is 5.91 Å². The van der Waals surface area contributed by atoms with Crippen LogP contribution in [0, 0.1) is 5.92 Å². The Hall–Kier alpha value is -2.53. The molecule has 3 rings (SSSR count). The van der Waals surface area contributed by atoms with Crippen LogP contribution in [0.5, 0.6) is 5.75 Å². The van der Waals surface area contributed by atoms with Crippen LogP contribution in [-0.4, -0.2) is 22.1 Å². The minimum absolute atomic E-state index is 0.0364. The number of fused-ring (bicyclic) bond motifs is 1. The molecule has 3 aromatic rings. The van der Waals surface area contributed by atoms with E-state index in [9.17, 15) is 4.79 Å². The molecule has 0 aliphatic heterocycles. The van der Waals surface area contributed by atoms with Gasteiger partial charge in [0, 0.05) is 12.5 Å². The lowest BCUT2D eigenvalue weighted by Crippen LogP contribution is -2.33. The maximum Gasteiger partial charge on any atom is 0.223 e. The number of carbonyl (C=O) groups is 1. The summed E-state index contributed by atoms with van der Waals surface area (Å²) in [6, 6.07) is 15.4. The Bertz CT molecular complexity index is 981. The molecule has 0 radical (unpaired) electrons. The van der Waals surface area contributed by atoms with Crippen molar-refractivity contribution in [3.8, 4) is 5.75 Å². The topological polar surface area (TPSA) is 56.2 Å². The number of aromatic nitrogens is 2. The first-order valence-electron chi connectivity index (χ1n) is 10.7. The van der Waals surface area contributed by atoms with Gasteiger partial charge in [-0.1, -0.05) is 49.7 Å². The van der Waals surface area contributed by atoms with Gasteiger partial charge in [-0.25, -0.2) is 4.98 Å². The summed E-state index contributed by atoms with van der Waals surface area (Å²) in [5.41, 5.74) is 2.00. The van der Waals surface area contributed by atoms with Crippen LogP contribution in [-0.2, 0) is 11.3 Å². The summed E-state index contributed by atoms with van der Waals surface area (Å²) in [5.74, 6) is 1.69. The minimum Gasteiger partial charge on any atom is -0.492 e. The third kappa shape index (κ3) is 5.14. The first-order chi connectivity index (χ1) is 14.5. The second-order valence-electron chi connectivity index (χ2n) is 7.49. The maximum atomic E-state index is 12.6. The molecule has 0 spiro atoms. The number of carbonyl (C=O) groups excluding carboxylic acids is 1. The summed E-state index contributed by atoms with van der Waals surface area (Å²) in [4.78, 5) is 17.4. The normalized spacial score (nSPS) is 12.3. The van der Waals surface area contributed by atoms with Crippen molar-refractivity contribution in [3.05, 3.63) is 59.4 Å². The van der Waals surface area contributed by atoms with Crippen LogP contribution in [0.25, 0.3) is 11.0 Å². The molecule has 1 atom stereocenters. The average Bonchev–Trinajstić information content (AvgIpc) is 3.12. The number of hydrogen-bond donors (Lipinski definition) is 1. The van der Waals surface area contributed by atoms with E-state index in [2.05, 4.69) is 16.0 Å². The van der Waals surface area contributed by atoms with E-state index >= 15 is 0 Å². The zero-order chi connectivity index (χ0) is 21.5. The Morgan fingerprint density at radius 1 is 1.13 bits per heavy atom. The van der Waals surface area contributed by atoms with E-state index in [0.717, 1.165) is 42.7 Å². The van der Waals surface area contributed by atoms with Gasteiger partial charge in [0.25, 0.3) is 0 Å². The largest absolute Gasteiger partial charge is 0.492 e. The number of amides is 1. The van der Waals surface area contributed by atoms with Gasteiger partial charge >= 0.3 is 0 Å². The van der Waals surface area contributed by atoms with Gasteiger partial charge in [-0.3, -0.25) is 4.79 Å². The van der Waals surface area contributed by atoms with Crippen molar-refractivity contribution in [1.29, 1.82) is 0 Å². The van der Waals surface area contributed by atoms with Crippen LogP contribution in [0.4, 0.5) is 0 Å². The summed E-state index contributed by atoms with van der Waals surface area (Å²) in [7, 11) is 0. The number of hydrogen-bond acceptors (Lipinski definition) is 3. The second-order valence-corrected chi connectivity index (χ2v) is 7.89. The van der Waals surface area contributed by atoms with Crippen molar-refractivity contribution >= 4 is 28.5 Å². The molecule has 0 saturated heterocycles. The Morgan fingerprint density at radius 3 is 2.57 bits per heavy atom. The highest BCUT2D eigenvalue weighted by molar-refractivity contribution is 6.32. The Morgan fingerprint density at radius 2 is 1.83 bits per heavy atom. The number of rotatable bonds is 10. The first-order valence-corrected chi connectivity index (χ1v) is 11.1. The van der Waals surface area contributed by atoms with E-state index in [1.54, 1.807) is 0 Å². The summed E-state index contributed by atoms with van der Waals surface area (Å²) >= 11 is 6.17. The van der Waals surface area contributed by atoms with Crippen LogP contribution in [0.15, 0.2) is 48.5 Å². The number of halogens is 1.